The lowest BCUT2D eigenvalue weighted by Crippen LogP contribution is -2.40. The highest BCUT2D eigenvalue weighted by Crippen LogP contribution is 2.27. The second-order valence-electron chi connectivity index (χ2n) is 5.99. The van der Waals surface area contributed by atoms with Crippen LogP contribution in [0.5, 0.6) is 5.75 Å². The number of amides is 1. The maximum Gasteiger partial charge on any atom is 0.263 e. The first-order chi connectivity index (χ1) is 9.63. The lowest BCUT2D eigenvalue weighted by molar-refractivity contribution is -0.137. The van der Waals surface area contributed by atoms with Crippen molar-refractivity contribution in [2.45, 2.75) is 20.0 Å². The quantitative estimate of drug-likeness (QED) is 0.907. The molecule has 0 bridgehead atoms. The van der Waals surface area contributed by atoms with Gasteiger partial charge in [-0.2, -0.15) is 0 Å². The normalized spacial score (nSPS) is 26.4. The van der Waals surface area contributed by atoms with Crippen molar-refractivity contribution in [2.75, 3.05) is 26.2 Å². The number of aryl methyl sites for hydroxylation is 1. The van der Waals surface area contributed by atoms with Crippen LogP contribution >= 0.6 is 0 Å². The van der Waals surface area contributed by atoms with Gasteiger partial charge in [-0.1, -0.05) is 17.7 Å². The van der Waals surface area contributed by atoms with E-state index in [-0.39, 0.29) is 5.91 Å². The van der Waals surface area contributed by atoms with Gasteiger partial charge < -0.3 is 15.0 Å². The van der Waals surface area contributed by atoms with Crippen LogP contribution in [0.15, 0.2) is 24.3 Å². The molecule has 1 aromatic carbocycles. The number of likely N-dealkylation sites (tertiary alicyclic amines) is 1. The standard InChI is InChI=1S/C16H22N2O2/c1-11-3-5-15(6-4-11)20-12(2)16(19)18-9-13-7-17-8-14(13)10-18/h3-6,12-14,17H,7-10H2,1-2H3/t12?,13-,14+. The Balaban J connectivity index is 1.58. The first kappa shape index (κ1) is 13.4. The molecular weight excluding hydrogens is 252 g/mol. The Hall–Kier alpha value is -1.55. The molecule has 1 amide bonds. The fraction of sp³-hybridized carbons (Fsp3) is 0.562. The highest BCUT2D eigenvalue weighted by molar-refractivity contribution is 5.81. The van der Waals surface area contributed by atoms with Crippen LogP contribution in [0.4, 0.5) is 0 Å². The van der Waals surface area contributed by atoms with Crippen LogP contribution in [-0.4, -0.2) is 43.1 Å². The highest BCUT2D eigenvalue weighted by atomic mass is 16.5. The fourth-order valence-corrected chi connectivity index (χ4v) is 3.16. The van der Waals surface area contributed by atoms with Gasteiger partial charge in [-0.05, 0) is 37.8 Å². The molecule has 2 heterocycles. The summed E-state index contributed by atoms with van der Waals surface area (Å²) < 4.78 is 5.76. The maximum atomic E-state index is 12.4. The van der Waals surface area contributed by atoms with Crippen LogP contribution < -0.4 is 10.1 Å². The Morgan fingerprint density at radius 2 is 1.85 bits per heavy atom. The summed E-state index contributed by atoms with van der Waals surface area (Å²) in [6, 6.07) is 7.83. The van der Waals surface area contributed by atoms with Gasteiger partial charge in [0.15, 0.2) is 6.10 Å². The highest BCUT2D eigenvalue weighted by Gasteiger charge is 2.39. The van der Waals surface area contributed by atoms with Gasteiger partial charge in [-0.3, -0.25) is 4.79 Å². The zero-order chi connectivity index (χ0) is 14.1. The number of rotatable bonds is 3. The molecule has 2 aliphatic rings. The van der Waals surface area contributed by atoms with E-state index in [0.717, 1.165) is 31.9 Å². The summed E-state index contributed by atoms with van der Waals surface area (Å²) in [5.41, 5.74) is 1.19. The molecule has 2 fully saturated rings. The summed E-state index contributed by atoms with van der Waals surface area (Å²) >= 11 is 0. The minimum atomic E-state index is -0.413. The Morgan fingerprint density at radius 1 is 1.25 bits per heavy atom. The molecule has 4 heteroatoms. The van der Waals surface area contributed by atoms with Crippen LogP contribution in [0.3, 0.4) is 0 Å². The Kier molecular flexibility index (Phi) is 3.66. The zero-order valence-electron chi connectivity index (χ0n) is 12.1. The minimum absolute atomic E-state index is 0.111. The molecule has 3 atom stereocenters. The van der Waals surface area contributed by atoms with Gasteiger partial charge in [0, 0.05) is 26.2 Å². The number of ether oxygens (including phenoxy) is 1. The number of benzene rings is 1. The molecule has 0 spiro atoms. The molecule has 1 N–H and O–H groups in total. The smallest absolute Gasteiger partial charge is 0.263 e. The average Bonchev–Trinajstić information content (AvgIpc) is 3.01. The molecule has 0 aromatic heterocycles. The summed E-state index contributed by atoms with van der Waals surface area (Å²) in [6.45, 7) is 7.71. The lowest BCUT2D eigenvalue weighted by atomic mass is 10.0. The molecule has 4 nitrogen and oxygen atoms in total. The van der Waals surface area contributed by atoms with Crippen molar-refractivity contribution in [3.8, 4) is 5.75 Å². The van der Waals surface area contributed by atoms with E-state index in [0.29, 0.717) is 11.8 Å². The summed E-state index contributed by atoms with van der Waals surface area (Å²) in [6.07, 6.45) is -0.413. The van der Waals surface area contributed by atoms with Gasteiger partial charge in [0.25, 0.3) is 5.91 Å². The SMILES string of the molecule is Cc1ccc(OC(C)C(=O)N2C[C@H]3CNC[C@H]3C2)cc1. The predicted molar refractivity (Wildman–Crippen MR) is 77.7 cm³/mol. The van der Waals surface area contributed by atoms with E-state index >= 15 is 0 Å². The second kappa shape index (κ2) is 5.44. The van der Waals surface area contributed by atoms with Gasteiger partial charge >= 0.3 is 0 Å². The van der Waals surface area contributed by atoms with Crippen molar-refractivity contribution < 1.29 is 9.53 Å². The summed E-state index contributed by atoms with van der Waals surface area (Å²) in [4.78, 5) is 14.4. The Labute approximate surface area is 120 Å². The molecule has 1 aromatic rings. The monoisotopic (exact) mass is 274 g/mol. The van der Waals surface area contributed by atoms with E-state index in [2.05, 4.69) is 5.32 Å². The van der Waals surface area contributed by atoms with Crippen molar-refractivity contribution in [3.63, 3.8) is 0 Å². The van der Waals surface area contributed by atoms with Gasteiger partial charge in [0.1, 0.15) is 5.75 Å². The molecule has 20 heavy (non-hydrogen) atoms. The van der Waals surface area contributed by atoms with E-state index in [1.54, 1.807) is 0 Å². The fourth-order valence-electron chi connectivity index (χ4n) is 3.16. The van der Waals surface area contributed by atoms with Gasteiger partial charge in [-0.25, -0.2) is 0 Å². The van der Waals surface area contributed by atoms with E-state index in [4.69, 9.17) is 4.74 Å². The average molecular weight is 274 g/mol. The van der Waals surface area contributed by atoms with Crippen LogP contribution in [-0.2, 0) is 4.79 Å². The number of fused-ring (bicyclic) bond motifs is 1. The van der Waals surface area contributed by atoms with E-state index in [9.17, 15) is 4.79 Å². The van der Waals surface area contributed by atoms with Crippen molar-refractivity contribution in [3.05, 3.63) is 29.8 Å². The van der Waals surface area contributed by atoms with Crippen molar-refractivity contribution in [2.24, 2.45) is 11.8 Å². The third kappa shape index (κ3) is 2.66. The number of carbonyl (C=O) groups is 1. The number of hydrogen-bond donors (Lipinski definition) is 1. The third-order valence-electron chi connectivity index (χ3n) is 4.38. The molecule has 108 valence electrons. The summed E-state index contributed by atoms with van der Waals surface area (Å²) in [5.74, 6) is 2.13. The van der Waals surface area contributed by atoms with Crippen molar-refractivity contribution >= 4 is 5.91 Å². The van der Waals surface area contributed by atoms with Gasteiger partial charge in [0.05, 0.1) is 0 Å². The van der Waals surface area contributed by atoms with Crippen molar-refractivity contribution in [1.29, 1.82) is 0 Å². The van der Waals surface area contributed by atoms with Crippen molar-refractivity contribution in [1.82, 2.24) is 10.2 Å². The Bertz CT molecular complexity index is 474. The van der Waals surface area contributed by atoms with Crippen LogP contribution in [0.1, 0.15) is 12.5 Å². The van der Waals surface area contributed by atoms with E-state index in [1.807, 2.05) is 43.0 Å². The lowest BCUT2D eigenvalue weighted by Gasteiger charge is -2.22. The molecule has 2 saturated heterocycles. The number of hydrogen-bond acceptors (Lipinski definition) is 3. The van der Waals surface area contributed by atoms with Crippen LogP contribution in [0.25, 0.3) is 0 Å². The van der Waals surface area contributed by atoms with Crippen LogP contribution in [0.2, 0.25) is 0 Å². The minimum Gasteiger partial charge on any atom is -0.481 e. The molecule has 3 rings (SSSR count). The maximum absolute atomic E-state index is 12.4. The molecule has 1 unspecified atom stereocenters. The molecule has 0 radical (unpaired) electrons. The second-order valence-corrected chi connectivity index (χ2v) is 5.99. The topological polar surface area (TPSA) is 41.6 Å². The molecular formula is C16H22N2O2. The summed E-state index contributed by atoms with van der Waals surface area (Å²) in [5, 5.41) is 3.39. The largest absolute Gasteiger partial charge is 0.481 e. The molecule has 0 aliphatic carbocycles. The number of nitrogens with one attached hydrogen (secondary N) is 1. The number of carbonyl (C=O) groups excluding carboxylic acids is 1. The zero-order valence-corrected chi connectivity index (χ0v) is 12.1. The summed E-state index contributed by atoms with van der Waals surface area (Å²) in [7, 11) is 0. The van der Waals surface area contributed by atoms with E-state index in [1.165, 1.54) is 5.56 Å². The van der Waals surface area contributed by atoms with Gasteiger partial charge in [-0.15, -0.1) is 0 Å². The first-order valence-corrected chi connectivity index (χ1v) is 7.36. The van der Waals surface area contributed by atoms with E-state index < -0.39 is 6.10 Å². The predicted octanol–water partition coefficient (Wildman–Crippen LogP) is 1.44. The molecule has 0 saturated carbocycles. The third-order valence-corrected chi connectivity index (χ3v) is 4.38. The Morgan fingerprint density at radius 3 is 2.45 bits per heavy atom. The van der Waals surface area contributed by atoms with Crippen LogP contribution in [0, 0.1) is 18.8 Å². The van der Waals surface area contributed by atoms with Gasteiger partial charge in [0.2, 0.25) is 0 Å². The molecule has 2 aliphatic heterocycles. The first-order valence-electron chi connectivity index (χ1n) is 7.36. The number of nitrogens with zero attached hydrogens (tertiary/aromatic N) is 1.